The number of amides is 2. The molecule has 0 unspecified atom stereocenters. The Hall–Kier alpha value is -3.38. The van der Waals surface area contributed by atoms with Gasteiger partial charge in [0.15, 0.2) is 0 Å². The van der Waals surface area contributed by atoms with Gasteiger partial charge in [0.2, 0.25) is 0 Å². The van der Waals surface area contributed by atoms with Gasteiger partial charge in [-0.2, -0.15) is 0 Å². The Balaban J connectivity index is 1.19. The minimum Gasteiger partial charge on any atom is -0.355 e. The zero-order valence-corrected chi connectivity index (χ0v) is 20.9. The molecule has 0 aliphatic carbocycles. The normalized spacial score (nSPS) is 14.5. The van der Waals surface area contributed by atoms with E-state index in [1.54, 1.807) is 0 Å². The summed E-state index contributed by atoms with van der Waals surface area (Å²) < 4.78 is 0. The largest absolute Gasteiger partial charge is 0.355 e. The van der Waals surface area contributed by atoms with E-state index in [2.05, 4.69) is 67.9 Å². The van der Waals surface area contributed by atoms with Crippen LogP contribution in [0.15, 0.2) is 72.8 Å². The quantitative estimate of drug-likeness (QED) is 0.456. The van der Waals surface area contributed by atoms with Crippen LogP contribution in [0.1, 0.15) is 29.7 Å². The van der Waals surface area contributed by atoms with E-state index >= 15 is 0 Å². The molecule has 0 spiro atoms. The first kappa shape index (κ1) is 24.7. The molecule has 35 heavy (non-hydrogen) atoms. The van der Waals surface area contributed by atoms with Crippen molar-refractivity contribution in [2.45, 2.75) is 32.7 Å². The van der Waals surface area contributed by atoms with E-state index in [1.807, 2.05) is 44.3 Å². The van der Waals surface area contributed by atoms with E-state index < -0.39 is 0 Å². The highest BCUT2D eigenvalue weighted by molar-refractivity contribution is 5.89. The number of piperidine rings is 1. The van der Waals surface area contributed by atoms with Gasteiger partial charge in [-0.05, 0) is 62.4 Å². The fraction of sp³-hybridized carbons (Fsp3) is 0.379. The van der Waals surface area contributed by atoms with Crippen molar-refractivity contribution in [2.75, 3.05) is 43.4 Å². The van der Waals surface area contributed by atoms with Crippen LogP contribution in [0.5, 0.6) is 0 Å². The maximum atomic E-state index is 12.5. The number of urea groups is 1. The topological polar surface area (TPSA) is 60.5 Å². The highest BCUT2D eigenvalue weighted by Crippen LogP contribution is 2.22. The molecule has 6 nitrogen and oxygen atoms in total. The molecule has 3 aromatic rings. The molecule has 1 saturated heterocycles. The molecule has 184 valence electrons. The minimum absolute atomic E-state index is 0.175. The molecular formula is C29H37N5O. The van der Waals surface area contributed by atoms with Gasteiger partial charge in [-0.15, -0.1) is 0 Å². The molecule has 1 aromatic heterocycles. The molecule has 4 rings (SSSR count). The number of carbonyl (C=O) groups excluding carboxylic acids is 1. The van der Waals surface area contributed by atoms with Crippen LogP contribution < -0.4 is 15.5 Å². The zero-order chi connectivity index (χ0) is 24.5. The van der Waals surface area contributed by atoms with Crippen molar-refractivity contribution < 1.29 is 4.79 Å². The van der Waals surface area contributed by atoms with Crippen LogP contribution in [0.25, 0.3) is 0 Å². The first-order chi connectivity index (χ1) is 17.0. The van der Waals surface area contributed by atoms with Gasteiger partial charge in [-0.1, -0.05) is 60.7 Å². The molecule has 2 heterocycles. The average Bonchev–Trinajstić information content (AvgIpc) is 2.86. The summed E-state index contributed by atoms with van der Waals surface area (Å²) in [7, 11) is 2.02. The molecular weight excluding hydrogens is 434 g/mol. The molecule has 1 aliphatic heterocycles. The third kappa shape index (κ3) is 7.82. The fourth-order valence-corrected chi connectivity index (χ4v) is 4.72. The second-order valence-corrected chi connectivity index (χ2v) is 9.55. The number of nitrogens with zero attached hydrogens (tertiary/aromatic N) is 3. The van der Waals surface area contributed by atoms with Crippen LogP contribution in [-0.4, -0.2) is 49.1 Å². The molecule has 0 radical (unpaired) electrons. The van der Waals surface area contributed by atoms with Gasteiger partial charge in [0.1, 0.15) is 5.82 Å². The Morgan fingerprint density at radius 2 is 1.66 bits per heavy atom. The van der Waals surface area contributed by atoms with Crippen LogP contribution in [0.2, 0.25) is 0 Å². The number of hydrogen-bond donors (Lipinski definition) is 2. The van der Waals surface area contributed by atoms with Crippen molar-refractivity contribution in [3.8, 4) is 0 Å². The molecule has 1 fully saturated rings. The van der Waals surface area contributed by atoms with Gasteiger partial charge in [0.05, 0.1) is 0 Å². The molecule has 2 N–H and O–H groups in total. The van der Waals surface area contributed by atoms with Gasteiger partial charge in [-0.3, -0.25) is 0 Å². The smallest absolute Gasteiger partial charge is 0.319 e. The van der Waals surface area contributed by atoms with Crippen LogP contribution >= 0.6 is 0 Å². The summed E-state index contributed by atoms with van der Waals surface area (Å²) in [6.07, 6.45) is 3.61. The lowest BCUT2D eigenvalue weighted by molar-refractivity contribution is 0.184. The van der Waals surface area contributed by atoms with Crippen molar-refractivity contribution in [1.82, 2.24) is 15.2 Å². The molecule has 1 aliphatic rings. The summed E-state index contributed by atoms with van der Waals surface area (Å²) in [5, 5.41) is 5.99. The predicted molar refractivity (Wildman–Crippen MR) is 144 cm³/mol. The third-order valence-electron chi connectivity index (χ3n) is 6.64. The minimum atomic E-state index is -0.175. The van der Waals surface area contributed by atoms with Crippen molar-refractivity contribution >= 4 is 17.5 Å². The third-order valence-corrected chi connectivity index (χ3v) is 6.64. The lowest BCUT2D eigenvalue weighted by Crippen LogP contribution is -2.40. The monoisotopic (exact) mass is 471 g/mol. The molecule has 0 atom stereocenters. The summed E-state index contributed by atoms with van der Waals surface area (Å²) in [5.41, 5.74) is 4.28. The number of carbonyl (C=O) groups is 1. The van der Waals surface area contributed by atoms with E-state index in [-0.39, 0.29) is 6.03 Å². The first-order valence-corrected chi connectivity index (χ1v) is 12.6. The summed E-state index contributed by atoms with van der Waals surface area (Å²) in [4.78, 5) is 21.7. The van der Waals surface area contributed by atoms with Gasteiger partial charge >= 0.3 is 6.03 Å². The highest BCUT2D eigenvalue weighted by atomic mass is 16.2. The number of hydrogen-bond acceptors (Lipinski definition) is 4. The van der Waals surface area contributed by atoms with Gasteiger partial charge in [-0.25, -0.2) is 9.78 Å². The summed E-state index contributed by atoms with van der Waals surface area (Å²) >= 11 is 0. The van der Waals surface area contributed by atoms with Gasteiger partial charge < -0.3 is 20.4 Å². The molecule has 2 aromatic carbocycles. The van der Waals surface area contributed by atoms with Gasteiger partial charge in [0, 0.05) is 44.1 Å². The number of aryl methyl sites for hydroxylation is 1. The Morgan fingerprint density at radius 3 is 2.34 bits per heavy atom. The number of likely N-dealkylation sites (tertiary alicyclic amines) is 1. The molecule has 2 amide bonds. The van der Waals surface area contributed by atoms with E-state index in [9.17, 15) is 4.79 Å². The van der Waals surface area contributed by atoms with E-state index in [0.29, 0.717) is 6.54 Å². The van der Waals surface area contributed by atoms with E-state index in [4.69, 9.17) is 0 Å². The Bertz CT molecular complexity index is 1060. The summed E-state index contributed by atoms with van der Waals surface area (Å²) in [6.45, 7) is 6.42. The summed E-state index contributed by atoms with van der Waals surface area (Å²) in [6, 6.07) is 24.7. The van der Waals surface area contributed by atoms with E-state index in [0.717, 1.165) is 49.3 Å². The van der Waals surface area contributed by atoms with Crippen LogP contribution in [0, 0.1) is 12.8 Å². The number of benzene rings is 2. The molecule has 0 saturated carbocycles. The van der Waals surface area contributed by atoms with Crippen molar-refractivity contribution in [1.29, 1.82) is 0 Å². The number of anilines is 2. The van der Waals surface area contributed by atoms with Crippen molar-refractivity contribution in [3.05, 3.63) is 89.6 Å². The number of nitrogens with one attached hydrogen (secondary N) is 2. The average molecular weight is 472 g/mol. The van der Waals surface area contributed by atoms with Crippen LogP contribution in [-0.2, 0) is 13.0 Å². The Morgan fingerprint density at radius 1 is 1.00 bits per heavy atom. The number of aromatic nitrogens is 1. The molecule has 0 bridgehead atoms. The SMILES string of the molecule is Cc1cc(NC(=O)NCCN2CCC(Cc3ccccc3)CC2)cc(N(C)Cc2ccccc2)n1. The Labute approximate surface area is 209 Å². The van der Waals surface area contributed by atoms with Gasteiger partial charge in [0.25, 0.3) is 0 Å². The maximum Gasteiger partial charge on any atom is 0.319 e. The lowest BCUT2D eigenvalue weighted by Gasteiger charge is -2.32. The molecule has 6 heteroatoms. The highest BCUT2D eigenvalue weighted by Gasteiger charge is 2.19. The van der Waals surface area contributed by atoms with E-state index in [1.165, 1.54) is 30.4 Å². The second kappa shape index (κ2) is 12.4. The second-order valence-electron chi connectivity index (χ2n) is 9.55. The van der Waals surface area contributed by atoms with Crippen molar-refractivity contribution in [2.24, 2.45) is 5.92 Å². The maximum absolute atomic E-state index is 12.5. The van der Waals surface area contributed by atoms with Crippen LogP contribution in [0.3, 0.4) is 0 Å². The summed E-state index contributed by atoms with van der Waals surface area (Å²) in [5.74, 6) is 1.59. The lowest BCUT2D eigenvalue weighted by atomic mass is 9.90. The number of pyridine rings is 1. The Kier molecular flexibility index (Phi) is 8.74. The first-order valence-electron chi connectivity index (χ1n) is 12.6. The van der Waals surface area contributed by atoms with Crippen LogP contribution in [0.4, 0.5) is 16.3 Å². The predicted octanol–water partition coefficient (Wildman–Crippen LogP) is 5.10. The standard InChI is InChI=1S/C29H37N5O/c1-23-19-27(21-28(31-23)33(2)22-26-11-7-4-8-12-26)32-29(35)30-15-18-34-16-13-25(14-17-34)20-24-9-5-3-6-10-24/h3-12,19,21,25H,13-18,20,22H2,1-2H3,(H2,30,31,32,35). The fourth-order valence-electron chi connectivity index (χ4n) is 4.72. The van der Waals surface area contributed by atoms with Crippen molar-refractivity contribution in [3.63, 3.8) is 0 Å². The number of rotatable bonds is 9. The zero-order valence-electron chi connectivity index (χ0n) is 20.9.